The van der Waals surface area contributed by atoms with E-state index >= 15 is 0 Å². The number of aromatic carboxylic acids is 1. The highest BCUT2D eigenvalue weighted by Gasteiger charge is 2.24. The molecule has 3 aromatic rings. The van der Waals surface area contributed by atoms with Crippen molar-refractivity contribution in [2.24, 2.45) is 0 Å². The number of para-hydroxylation sites is 1. The van der Waals surface area contributed by atoms with E-state index in [1.807, 2.05) is 29.2 Å². The highest BCUT2D eigenvalue weighted by Crippen LogP contribution is 2.21. The standard InChI is InChI=1S/C20H19N3O4/c24-19(17-11-13-5-1-2-8-16(13)27-17)21-14-6-4-10-23(12-14)18-9-3-7-15(22-18)20(25)26/h1-3,5,7-9,11,14H,4,6,10,12H2,(H,21,24)(H,25,26). The van der Waals surface area contributed by atoms with Crippen LogP contribution < -0.4 is 10.2 Å². The second-order valence-electron chi connectivity index (χ2n) is 6.59. The molecule has 1 atom stereocenters. The number of carboxylic acid groups (broad SMARTS) is 1. The molecule has 0 radical (unpaired) electrons. The van der Waals surface area contributed by atoms with E-state index in [-0.39, 0.29) is 17.6 Å². The van der Waals surface area contributed by atoms with E-state index in [9.17, 15) is 9.59 Å². The molecule has 0 aliphatic carbocycles. The molecule has 1 unspecified atom stereocenters. The van der Waals surface area contributed by atoms with Crippen molar-refractivity contribution in [3.63, 3.8) is 0 Å². The molecule has 0 saturated carbocycles. The molecule has 1 aliphatic heterocycles. The number of carboxylic acids is 1. The van der Waals surface area contributed by atoms with Crippen molar-refractivity contribution in [3.05, 3.63) is 60.0 Å². The summed E-state index contributed by atoms with van der Waals surface area (Å²) in [5, 5.41) is 13.0. The third kappa shape index (κ3) is 3.62. The summed E-state index contributed by atoms with van der Waals surface area (Å²) in [6.45, 7) is 1.34. The first-order valence-corrected chi connectivity index (χ1v) is 8.85. The molecular weight excluding hydrogens is 346 g/mol. The number of furan rings is 1. The van der Waals surface area contributed by atoms with Crippen LogP contribution in [0.2, 0.25) is 0 Å². The number of hydrogen-bond donors (Lipinski definition) is 2. The van der Waals surface area contributed by atoms with Gasteiger partial charge in [0, 0.05) is 24.5 Å². The van der Waals surface area contributed by atoms with Crippen LogP contribution in [0.25, 0.3) is 11.0 Å². The number of carbonyl (C=O) groups is 2. The van der Waals surface area contributed by atoms with Crippen LogP contribution in [0.3, 0.4) is 0 Å². The molecule has 1 saturated heterocycles. The molecule has 7 heteroatoms. The molecule has 1 aromatic carbocycles. The Morgan fingerprint density at radius 2 is 2.04 bits per heavy atom. The van der Waals surface area contributed by atoms with E-state index < -0.39 is 5.97 Å². The first-order valence-electron chi connectivity index (χ1n) is 8.85. The number of pyridine rings is 1. The van der Waals surface area contributed by atoms with Gasteiger partial charge in [-0.1, -0.05) is 24.3 Å². The molecule has 2 aromatic heterocycles. The third-order valence-corrected chi connectivity index (χ3v) is 4.68. The van der Waals surface area contributed by atoms with Crippen molar-refractivity contribution in [1.29, 1.82) is 0 Å². The number of benzene rings is 1. The zero-order valence-corrected chi connectivity index (χ0v) is 14.6. The molecular formula is C20H19N3O4. The van der Waals surface area contributed by atoms with Crippen LogP contribution in [0.15, 0.2) is 52.9 Å². The number of carbonyl (C=O) groups excluding carboxylic acids is 1. The number of anilines is 1. The molecule has 138 valence electrons. The van der Waals surface area contributed by atoms with E-state index in [1.165, 1.54) is 6.07 Å². The number of amides is 1. The largest absolute Gasteiger partial charge is 0.477 e. The highest BCUT2D eigenvalue weighted by atomic mass is 16.4. The Kier molecular flexibility index (Phi) is 4.50. The summed E-state index contributed by atoms with van der Waals surface area (Å²) in [6, 6.07) is 14.1. The third-order valence-electron chi connectivity index (χ3n) is 4.68. The van der Waals surface area contributed by atoms with Gasteiger partial charge in [0.05, 0.1) is 0 Å². The Hall–Kier alpha value is -3.35. The van der Waals surface area contributed by atoms with Gasteiger partial charge in [0.25, 0.3) is 5.91 Å². The van der Waals surface area contributed by atoms with Crippen LogP contribution in [0, 0.1) is 0 Å². The van der Waals surface area contributed by atoms with Gasteiger partial charge in [-0.2, -0.15) is 0 Å². The second kappa shape index (κ2) is 7.11. The minimum absolute atomic E-state index is 0.0148. The van der Waals surface area contributed by atoms with Crippen LogP contribution >= 0.6 is 0 Å². The summed E-state index contributed by atoms with van der Waals surface area (Å²) in [7, 11) is 0. The zero-order valence-electron chi connectivity index (χ0n) is 14.6. The number of piperidine rings is 1. The second-order valence-corrected chi connectivity index (χ2v) is 6.59. The van der Waals surface area contributed by atoms with Gasteiger partial charge in [0.1, 0.15) is 11.4 Å². The fourth-order valence-corrected chi connectivity index (χ4v) is 3.37. The summed E-state index contributed by atoms with van der Waals surface area (Å²) in [5.74, 6) is -0.397. The van der Waals surface area contributed by atoms with E-state index in [4.69, 9.17) is 9.52 Å². The smallest absolute Gasteiger partial charge is 0.354 e. The number of aromatic nitrogens is 1. The Morgan fingerprint density at radius 3 is 2.85 bits per heavy atom. The molecule has 1 amide bonds. The maximum Gasteiger partial charge on any atom is 0.354 e. The van der Waals surface area contributed by atoms with Crippen molar-refractivity contribution in [2.45, 2.75) is 18.9 Å². The molecule has 1 fully saturated rings. The normalized spacial score (nSPS) is 17.0. The highest BCUT2D eigenvalue weighted by molar-refractivity contribution is 5.96. The predicted octanol–water partition coefficient (Wildman–Crippen LogP) is 2.92. The zero-order chi connectivity index (χ0) is 18.8. The summed E-state index contributed by atoms with van der Waals surface area (Å²) in [6.07, 6.45) is 1.73. The fourth-order valence-electron chi connectivity index (χ4n) is 3.37. The first kappa shape index (κ1) is 17.1. The lowest BCUT2D eigenvalue weighted by molar-refractivity contribution is 0.0690. The SMILES string of the molecule is O=C(O)c1cccc(N2CCCC(NC(=O)c3cc4ccccc4o3)C2)n1. The monoisotopic (exact) mass is 365 g/mol. The molecule has 4 rings (SSSR count). The first-order chi connectivity index (χ1) is 13.1. The van der Waals surface area contributed by atoms with Gasteiger partial charge in [-0.15, -0.1) is 0 Å². The van der Waals surface area contributed by atoms with Crippen molar-refractivity contribution in [3.8, 4) is 0 Å². The summed E-state index contributed by atoms with van der Waals surface area (Å²) >= 11 is 0. The van der Waals surface area contributed by atoms with E-state index in [0.29, 0.717) is 23.7 Å². The predicted molar refractivity (Wildman–Crippen MR) is 100 cm³/mol. The maximum atomic E-state index is 12.6. The molecule has 0 spiro atoms. The van der Waals surface area contributed by atoms with Crippen LogP contribution in [-0.2, 0) is 0 Å². The number of fused-ring (bicyclic) bond motifs is 1. The minimum atomic E-state index is -1.05. The van der Waals surface area contributed by atoms with E-state index in [2.05, 4.69) is 10.3 Å². The fraction of sp³-hybridized carbons (Fsp3) is 0.250. The van der Waals surface area contributed by atoms with Crippen LogP contribution in [0.1, 0.15) is 33.9 Å². The lowest BCUT2D eigenvalue weighted by Crippen LogP contribution is -2.48. The summed E-state index contributed by atoms with van der Waals surface area (Å²) in [4.78, 5) is 29.9. The summed E-state index contributed by atoms with van der Waals surface area (Å²) < 4.78 is 5.62. The van der Waals surface area contributed by atoms with Crippen molar-refractivity contribution in [1.82, 2.24) is 10.3 Å². The number of rotatable bonds is 4. The number of nitrogens with zero attached hydrogens (tertiary/aromatic N) is 2. The molecule has 7 nitrogen and oxygen atoms in total. The van der Waals surface area contributed by atoms with Gasteiger partial charge in [0.2, 0.25) is 0 Å². The van der Waals surface area contributed by atoms with Crippen molar-refractivity contribution < 1.29 is 19.1 Å². The van der Waals surface area contributed by atoms with Gasteiger partial charge in [-0.3, -0.25) is 4.79 Å². The van der Waals surface area contributed by atoms with Crippen LogP contribution in [0.4, 0.5) is 5.82 Å². The van der Waals surface area contributed by atoms with Gasteiger partial charge >= 0.3 is 5.97 Å². The van der Waals surface area contributed by atoms with Gasteiger partial charge < -0.3 is 19.7 Å². The minimum Gasteiger partial charge on any atom is -0.477 e. The average molecular weight is 365 g/mol. The molecule has 1 aliphatic rings. The van der Waals surface area contributed by atoms with Gasteiger partial charge in [-0.05, 0) is 37.1 Å². The number of nitrogens with one attached hydrogen (secondary N) is 1. The Morgan fingerprint density at radius 1 is 1.19 bits per heavy atom. The number of hydrogen-bond acceptors (Lipinski definition) is 5. The lowest BCUT2D eigenvalue weighted by atomic mass is 10.1. The van der Waals surface area contributed by atoms with Crippen molar-refractivity contribution >= 4 is 28.7 Å². The van der Waals surface area contributed by atoms with Gasteiger partial charge in [0.15, 0.2) is 11.5 Å². The Labute approximate surface area is 155 Å². The van der Waals surface area contributed by atoms with Crippen LogP contribution in [0.5, 0.6) is 0 Å². The summed E-state index contributed by atoms with van der Waals surface area (Å²) in [5.41, 5.74) is 0.698. The molecule has 0 bridgehead atoms. The van der Waals surface area contributed by atoms with Gasteiger partial charge in [-0.25, -0.2) is 9.78 Å². The quantitative estimate of drug-likeness (QED) is 0.738. The average Bonchev–Trinajstić information content (AvgIpc) is 3.13. The van der Waals surface area contributed by atoms with E-state index in [1.54, 1.807) is 18.2 Å². The van der Waals surface area contributed by atoms with E-state index in [0.717, 1.165) is 24.8 Å². The van der Waals surface area contributed by atoms with Crippen molar-refractivity contribution in [2.75, 3.05) is 18.0 Å². The molecule has 27 heavy (non-hydrogen) atoms. The maximum absolute atomic E-state index is 12.6. The lowest BCUT2D eigenvalue weighted by Gasteiger charge is -2.33. The molecule has 2 N–H and O–H groups in total. The molecule has 3 heterocycles. The Bertz CT molecular complexity index is 965. The van der Waals surface area contributed by atoms with Crippen LogP contribution in [-0.4, -0.2) is 41.1 Å². The topological polar surface area (TPSA) is 95.7 Å². The Balaban J connectivity index is 1.46.